The highest BCUT2D eigenvalue weighted by molar-refractivity contribution is 5.02. The van der Waals surface area contributed by atoms with E-state index in [9.17, 15) is 0 Å². The minimum absolute atomic E-state index is 0.520. The molecule has 0 amide bonds. The maximum Gasteiger partial charge on any atom is 0.0238 e. The van der Waals surface area contributed by atoms with Gasteiger partial charge >= 0.3 is 0 Å². The average molecular weight is 236 g/mol. The molecular weight excluding hydrogens is 208 g/mol. The summed E-state index contributed by atoms with van der Waals surface area (Å²) in [7, 11) is 0. The van der Waals surface area contributed by atoms with Crippen LogP contribution in [0.3, 0.4) is 0 Å². The predicted octanol–water partition coefficient (Wildman–Crippen LogP) is 3.08. The van der Waals surface area contributed by atoms with E-state index >= 15 is 0 Å². The summed E-state index contributed by atoms with van der Waals surface area (Å²) >= 11 is 0. The average Bonchev–Trinajstić information content (AvgIpc) is 2.23. The molecule has 0 spiro atoms. The zero-order valence-corrected chi connectivity index (χ0v) is 11.4. The first-order chi connectivity index (χ1) is 8.10. The molecule has 0 saturated heterocycles. The zero-order chi connectivity index (χ0) is 12.0. The number of nitrogens with one attached hydrogen (secondary N) is 1. The van der Waals surface area contributed by atoms with E-state index in [1.807, 2.05) is 0 Å². The maximum absolute atomic E-state index is 5.75. The summed E-state index contributed by atoms with van der Waals surface area (Å²) in [6.07, 6.45) is 10.5. The predicted molar refractivity (Wildman–Crippen MR) is 71.2 cm³/mol. The van der Waals surface area contributed by atoms with Crippen LogP contribution >= 0.6 is 0 Å². The fourth-order valence-electron chi connectivity index (χ4n) is 5.49. The summed E-state index contributed by atoms with van der Waals surface area (Å²) in [4.78, 5) is 0. The molecule has 0 radical (unpaired) electrons. The largest absolute Gasteiger partial charge is 0.271 e. The van der Waals surface area contributed by atoms with Gasteiger partial charge in [-0.2, -0.15) is 0 Å². The van der Waals surface area contributed by atoms with Crippen molar-refractivity contribution in [3.63, 3.8) is 0 Å². The normalized spacial score (nSPS) is 45.5. The number of rotatable bonds is 4. The van der Waals surface area contributed by atoms with E-state index < -0.39 is 0 Å². The molecule has 4 aliphatic rings. The van der Waals surface area contributed by atoms with Gasteiger partial charge in [-0.15, -0.1) is 0 Å². The summed E-state index contributed by atoms with van der Waals surface area (Å²) in [5, 5.41) is 0. The van der Waals surface area contributed by atoms with E-state index in [0.717, 1.165) is 17.8 Å². The van der Waals surface area contributed by atoms with Crippen LogP contribution in [-0.2, 0) is 0 Å². The summed E-state index contributed by atoms with van der Waals surface area (Å²) in [6, 6.07) is 0.520. The first kappa shape index (κ1) is 12.0. The second-order valence-electron chi connectivity index (χ2n) is 7.64. The smallest absolute Gasteiger partial charge is 0.0238 e. The molecule has 0 aliphatic heterocycles. The minimum Gasteiger partial charge on any atom is -0.271 e. The first-order valence-corrected chi connectivity index (χ1v) is 7.56. The Morgan fingerprint density at radius 1 is 1.06 bits per heavy atom. The third-order valence-electron chi connectivity index (χ3n) is 5.84. The Hall–Kier alpha value is -0.0800. The van der Waals surface area contributed by atoms with E-state index in [1.54, 1.807) is 19.3 Å². The van der Waals surface area contributed by atoms with Crippen molar-refractivity contribution in [1.29, 1.82) is 0 Å². The Kier molecular flexibility index (Phi) is 2.99. The van der Waals surface area contributed by atoms with Gasteiger partial charge in [-0.25, -0.2) is 0 Å². The highest BCUT2D eigenvalue weighted by atomic mass is 15.2. The van der Waals surface area contributed by atoms with E-state index in [0.29, 0.717) is 17.4 Å². The second kappa shape index (κ2) is 4.24. The lowest BCUT2D eigenvalue weighted by Gasteiger charge is -2.58. The van der Waals surface area contributed by atoms with Gasteiger partial charge in [0.15, 0.2) is 0 Å². The van der Waals surface area contributed by atoms with Crippen molar-refractivity contribution < 1.29 is 0 Å². The Balaban J connectivity index is 1.73. The zero-order valence-electron chi connectivity index (χ0n) is 11.4. The summed E-state index contributed by atoms with van der Waals surface area (Å²) in [5.74, 6) is 9.60. The lowest BCUT2D eigenvalue weighted by Crippen LogP contribution is -2.50. The molecule has 0 aromatic rings. The molecule has 1 unspecified atom stereocenters. The van der Waals surface area contributed by atoms with Gasteiger partial charge in [-0.05, 0) is 74.0 Å². The molecular formula is C15H28N2. The van der Waals surface area contributed by atoms with Crippen molar-refractivity contribution in [1.82, 2.24) is 5.43 Å². The van der Waals surface area contributed by atoms with Crippen molar-refractivity contribution in [2.24, 2.45) is 34.9 Å². The van der Waals surface area contributed by atoms with Gasteiger partial charge in [-0.3, -0.25) is 11.3 Å². The molecule has 0 heterocycles. The molecule has 4 rings (SSSR count). The minimum atomic E-state index is 0.520. The second-order valence-corrected chi connectivity index (χ2v) is 7.64. The highest BCUT2D eigenvalue weighted by Crippen LogP contribution is 2.61. The standard InChI is InChI=1S/C15H28N2/c1-10(2)14(17-16)9-15-6-11-3-12(7-15)5-13(4-11)8-15/h10-14,17H,3-9,16H2,1-2H3. The molecule has 0 aromatic carbocycles. The van der Waals surface area contributed by atoms with Crippen LogP contribution in [0, 0.1) is 29.1 Å². The van der Waals surface area contributed by atoms with Crippen LogP contribution in [0.2, 0.25) is 0 Å². The lowest BCUT2D eigenvalue weighted by atomic mass is 9.48. The van der Waals surface area contributed by atoms with Crippen LogP contribution in [0.15, 0.2) is 0 Å². The molecule has 4 fully saturated rings. The van der Waals surface area contributed by atoms with Crippen LogP contribution in [-0.4, -0.2) is 6.04 Å². The molecule has 1 atom stereocenters. The molecule has 3 N–H and O–H groups in total. The fraction of sp³-hybridized carbons (Fsp3) is 1.00. The van der Waals surface area contributed by atoms with Gasteiger partial charge in [-0.1, -0.05) is 13.8 Å². The molecule has 4 aliphatic carbocycles. The SMILES string of the molecule is CC(C)C(CC12CC3CC(CC(C3)C1)C2)NN. The van der Waals surface area contributed by atoms with Crippen LogP contribution < -0.4 is 11.3 Å². The van der Waals surface area contributed by atoms with Gasteiger partial charge < -0.3 is 0 Å². The van der Waals surface area contributed by atoms with E-state index in [1.165, 1.54) is 25.7 Å². The quantitative estimate of drug-likeness (QED) is 0.581. The highest BCUT2D eigenvalue weighted by Gasteiger charge is 2.51. The lowest BCUT2D eigenvalue weighted by molar-refractivity contribution is -0.0642. The summed E-state index contributed by atoms with van der Waals surface area (Å²) in [5.41, 5.74) is 3.74. The van der Waals surface area contributed by atoms with Gasteiger partial charge in [0, 0.05) is 6.04 Å². The third-order valence-corrected chi connectivity index (χ3v) is 5.84. The molecule has 4 bridgehead atoms. The van der Waals surface area contributed by atoms with Crippen LogP contribution in [0.1, 0.15) is 58.8 Å². The van der Waals surface area contributed by atoms with Gasteiger partial charge in [0.05, 0.1) is 0 Å². The van der Waals surface area contributed by atoms with Crippen molar-refractivity contribution in [3.8, 4) is 0 Å². The van der Waals surface area contributed by atoms with Crippen LogP contribution in [0.25, 0.3) is 0 Å². The van der Waals surface area contributed by atoms with Gasteiger partial charge in [0.2, 0.25) is 0 Å². The molecule has 98 valence electrons. The number of nitrogens with two attached hydrogens (primary N) is 1. The maximum atomic E-state index is 5.75. The summed E-state index contributed by atoms with van der Waals surface area (Å²) in [6.45, 7) is 4.59. The van der Waals surface area contributed by atoms with Crippen LogP contribution in [0.4, 0.5) is 0 Å². The fourth-order valence-corrected chi connectivity index (χ4v) is 5.49. The first-order valence-electron chi connectivity index (χ1n) is 7.56. The molecule has 17 heavy (non-hydrogen) atoms. The van der Waals surface area contributed by atoms with Gasteiger partial charge in [0.25, 0.3) is 0 Å². The Morgan fingerprint density at radius 3 is 1.88 bits per heavy atom. The molecule has 0 aromatic heterocycles. The summed E-state index contributed by atoms with van der Waals surface area (Å²) < 4.78 is 0. The third kappa shape index (κ3) is 2.15. The van der Waals surface area contributed by atoms with Crippen LogP contribution in [0.5, 0.6) is 0 Å². The number of hydrazine groups is 1. The van der Waals surface area contributed by atoms with Crippen molar-refractivity contribution >= 4 is 0 Å². The monoisotopic (exact) mass is 236 g/mol. The molecule has 2 nitrogen and oxygen atoms in total. The van der Waals surface area contributed by atoms with Gasteiger partial charge in [0.1, 0.15) is 0 Å². The van der Waals surface area contributed by atoms with Crippen molar-refractivity contribution in [2.45, 2.75) is 64.8 Å². The van der Waals surface area contributed by atoms with E-state index in [4.69, 9.17) is 5.84 Å². The Labute approximate surface area is 106 Å². The van der Waals surface area contributed by atoms with E-state index in [2.05, 4.69) is 19.3 Å². The topological polar surface area (TPSA) is 38.0 Å². The Morgan fingerprint density at radius 2 is 1.53 bits per heavy atom. The number of hydrogen-bond donors (Lipinski definition) is 2. The Bertz CT molecular complexity index is 249. The number of hydrogen-bond acceptors (Lipinski definition) is 2. The van der Waals surface area contributed by atoms with Crippen molar-refractivity contribution in [2.75, 3.05) is 0 Å². The van der Waals surface area contributed by atoms with E-state index in [-0.39, 0.29) is 0 Å². The molecule has 2 heteroatoms. The van der Waals surface area contributed by atoms with Crippen molar-refractivity contribution in [3.05, 3.63) is 0 Å². The molecule has 4 saturated carbocycles.